The quantitative estimate of drug-likeness (QED) is 0.180. The minimum atomic E-state index is -1.13. The zero-order chi connectivity index (χ0) is 24.3. The predicted molar refractivity (Wildman–Crippen MR) is 127 cm³/mol. The molecule has 3 heterocycles. The van der Waals surface area contributed by atoms with Gasteiger partial charge in [-0.05, 0) is 26.2 Å². The third kappa shape index (κ3) is 4.36. The van der Waals surface area contributed by atoms with E-state index in [1.54, 1.807) is 17.9 Å². The fourth-order valence-electron chi connectivity index (χ4n) is 5.83. The number of rotatable bonds is 12. The van der Waals surface area contributed by atoms with Gasteiger partial charge in [-0.3, -0.25) is 14.4 Å². The number of fused-ring (bicyclic) bond motifs is 1. The second kappa shape index (κ2) is 10.9. The summed E-state index contributed by atoms with van der Waals surface area (Å²) in [6, 6.07) is -1.44. The molecule has 3 aliphatic heterocycles. The summed E-state index contributed by atoms with van der Waals surface area (Å²) in [5.74, 6) is -2.56. The number of carbonyl (C=O) groups excluding carboxylic acids is 3. The van der Waals surface area contributed by atoms with Crippen LogP contribution in [0.2, 0.25) is 0 Å². The number of esters is 1. The Morgan fingerprint density at radius 2 is 2.12 bits per heavy atom. The molecule has 0 aromatic carbocycles. The Balaban J connectivity index is 2.05. The molecule has 3 saturated heterocycles. The third-order valence-corrected chi connectivity index (χ3v) is 8.13. The number of carbonyl (C=O) groups is 3. The van der Waals surface area contributed by atoms with Crippen molar-refractivity contribution in [2.75, 3.05) is 26.3 Å². The van der Waals surface area contributed by atoms with Gasteiger partial charge in [0.1, 0.15) is 11.6 Å². The van der Waals surface area contributed by atoms with Crippen molar-refractivity contribution in [1.29, 1.82) is 0 Å². The highest BCUT2D eigenvalue weighted by Gasteiger charge is 2.77. The number of halogens is 1. The average molecular weight is 529 g/mol. The number of nitrogens with zero attached hydrogens (tertiary/aromatic N) is 2. The lowest BCUT2D eigenvalue weighted by Crippen LogP contribution is -2.59. The highest BCUT2D eigenvalue weighted by atomic mass is 79.9. The monoisotopic (exact) mass is 528 g/mol. The number of likely N-dealkylation sites (tertiary alicyclic amines) is 1. The van der Waals surface area contributed by atoms with Crippen LogP contribution in [0.3, 0.4) is 0 Å². The van der Waals surface area contributed by atoms with E-state index < -0.39 is 41.6 Å². The van der Waals surface area contributed by atoms with Crippen LogP contribution in [0.5, 0.6) is 0 Å². The first-order valence-corrected chi connectivity index (χ1v) is 13.1. The molecule has 33 heavy (non-hydrogen) atoms. The average Bonchev–Trinajstić information content (AvgIpc) is 3.38. The molecule has 186 valence electrons. The van der Waals surface area contributed by atoms with Crippen LogP contribution in [0, 0.1) is 11.8 Å². The molecule has 7 atom stereocenters. The second-order valence-electron chi connectivity index (χ2n) is 9.19. The summed E-state index contributed by atoms with van der Waals surface area (Å²) >= 11 is 3.64. The number of aliphatic hydroxyl groups is 1. The van der Waals surface area contributed by atoms with Gasteiger partial charge in [0, 0.05) is 17.9 Å². The highest BCUT2D eigenvalue weighted by Crippen LogP contribution is 2.60. The van der Waals surface area contributed by atoms with Gasteiger partial charge in [0.2, 0.25) is 11.8 Å². The van der Waals surface area contributed by atoms with Gasteiger partial charge in [-0.1, -0.05) is 48.7 Å². The Hall–Kier alpha value is -1.45. The molecule has 3 rings (SSSR count). The zero-order valence-corrected chi connectivity index (χ0v) is 21.5. The molecule has 0 aliphatic carbocycles. The Kier molecular flexibility index (Phi) is 8.61. The van der Waals surface area contributed by atoms with Crippen LogP contribution in [-0.2, 0) is 23.9 Å². The van der Waals surface area contributed by atoms with E-state index in [-0.39, 0.29) is 29.9 Å². The molecule has 0 radical (unpaired) electrons. The fourth-order valence-corrected chi connectivity index (χ4v) is 6.78. The maximum absolute atomic E-state index is 14.0. The summed E-state index contributed by atoms with van der Waals surface area (Å²) in [6.45, 7) is 10.4. The number of unbranched alkanes of at least 4 members (excludes halogenated alkanes) is 2. The molecule has 0 aromatic heterocycles. The number of hydrogen-bond donors (Lipinski definition) is 1. The Morgan fingerprint density at radius 3 is 2.70 bits per heavy atom. The van der Waals surface area contributed by atoms with Gasteiger partial charge in [0.05, 0.1) is 37.2 Å². The lowest BCUT2D eigenvalue weighted by molar-refractivity contribution is -0.156. The third-order valence-electron chi connectivity index (χ3n) is 7.29. The van der Waals surface area contributed by atoms with Crippen molar-refractivity contribution in [3.63, 3.8) is 0 Å². The molecule has 8 nitrogen and oxygen atoms in total. The van der Waals surface area contributed by atoms with Crippen LogP contribution in [-0.4, -0.2) is 87.6 Å². The fraction of sp³-hybridized carbons (Fsp3) is 0.792. The minimum Gasteiger partial charge on any atom is -0.466 e. The summed E-state index contributed by atoms with van der Waals surface area (Å²) in [7, 11) is 0. The zero-order valence-electron chi connectivity index (χ0n) is 19.9. The standard InChI is InChI=1S/C24H37BrN2O6/c1-5-9-10-12-26(11-6-2)22(30)20-24-13-16(25)19(33-24)17(23(31)32-8-4)18(24)21(29)27(20)15(7-3)14-28/h6,15-20,28H,2,5,7-14H2,1,3-4H3/t15-,16?,17-,18+,19-,20-,24+/m0/s1. The van der Waals surface area contributed by atoms with Crippen LogP contribution < -0.4 is 0 Å². The molecule has 1 N–H and O–H groups in total. The predicted octanol–water partition coefficient (Wildman–Crippen LogP) is 2.27. The maximum Gasteiger partial charge on any atom is 0.312 e. The largest absolute Gasteiger partial charge is 0.466 e. The first kappa shape index (κ1) is 26.2. The molecular weight excluding hydrogens is 492 g/mol. The minimum absolute atomic E-state index is 0.173. The van der Waals surface area contributed by atoms with Gasteiger partial charge in [0.15, 0.2) is 0 Å². The van der Waals surface area contributed by atoms with Gasteiger partial charge in [0.25, 0.3) is 0 Å². The van der Waals surface area contributed by atoms with Crippen LogP contribution in [0.15, 0.2) is 12.7 Å². The summed E-state index contributed by atoms with van der Waals surface area (Å²) < 4.78 is 11.7. The summed E-state index contributed by atoms with van der Waals surface area (Å²) in [5.41, 5.74) is -1.13. The van der Waals surface area contributed by atoms with Crippen molar-refractivity contribution in [3.05, 3.63) is 12.7 Å². The Labute approximate surface area is 204 Å². The van der Waals surface area contributed by atoms with E-state index in [9.17, 15) is 19.5 Å². The summed E-state index contributed by atoms with van der Waals surface area (Å²) in [6.07, 6.45) is 4.94. The van der Waals surface area contributed by atoms with E-state index in [1.165, 1.54) is 4.90 Å². The number of amides is 2. The first-order valence-electron chi connectivity index (χ1n) is 12.1. The first-order chi connectivity index (χ1) is 15.8. The van der Waals surface area contributed by atoms with Gasteiger partial charge in [-0.25, -0.2) is 0 Å². The van der Waals surface area contributed by atoms with E-state index in [4.69, 9.17) is 9.47 Å². The van der Waals surface area contributed by atoms with E-state index >= 15 is 0 Å². The lowest BCUT2D eigenvalue weighted by atomic mass is 9.70. The number of ether oxygens (including phenoxy) is 2. The van der Waals surface area contributed by atoms with Crippen LogP contribution in [0.1, 0.15) is 52.9 Å². The number of alkyl halides is 1. The maximum atomic E-state index is 14.0. The van der Waals surface area contributed by atoms with Gasteiger partial charge >= 0.3 is 5.97 Å². The lowest BCUT2D eigenvalue weighted by Gasteiger charge is -2.39. The number of aliphatic hydroxyl groups excluding tert-OH is 1. The Morgan fingerprint density at radius 1 is 1.39 bits per heavy atom. The topological polar surface area (TPSA) is 96.4 Å². The molecule has 2 bridgehead atoms. The van der Waals surface area contributed by atoms with Gasteiger partial charge in [-0.2, -0.15) is 0 Å². The number of hydrogen-bond acceptors (Lipinski definition) is 6. The molecule has 1 spiro atoms. The normalized spacial score (nSPS) is 33.2. The van der Waals surface area contributed by atoms with Crippen molar-refractivity contribution < 1.29 is 29.0 Å². The Bertz CT molecular complexity index is 759. The molecular formula is C24H37BrN2O6. The van der Waals surface area contributed by atoms with Crippen molar-refractivity contribution in [2.45, 2.75) is 81.5 Å². The van der Waals surface area contributed by atoms with E-state index in [0.717, 1.165) is 19.3 Å². The van der Waals surface area contributed by atoms with Crippen LogP contribution in [0.25, 0.3) is 0 Å². The second-order valence-corrected chi connectivity index (χ2v) is 10.4. The van der Waals surface area contributed by atoms with Crippen molar-refractivity contribution >= 4 is 33.7 Å². The molecule has 1 unspecified atom stereocenters. The smallest absolute Gasteiger partial charge is 0.312 e. The highest BCUT2D eigenvalue weighted by molar-refractivity contribution is 9.09. The molecule has 0 saturated carbocycles. The van der Waals surface area contributed by atoms with E-state index in [1.807, 2.05) is 6.92 Å². The summed E-state index contributed by atoms with van der Waals surface area (Å²) in [5, 5.41) is 10.1. The van der Waals surface area contributed by atoms with Gasteiger partial charge < -0.3 is 24.4 Å². The van der Waals surface area contributed by atoms with Crippen molar-refractivity contribution in [1.82, 2.24) is 9.80 Å². The van der Waals surface area contributed by atoms with Crippen molar-refractivity contribution in [3.8, 4) is 0 Å². The molecule has 3 fully saturated rings. The van der Waals surface area contributed by atoms with Crippen LogP contribution in [0.4, 0.5) is 0 Å². The van der Waals surface area contributed by atoms with E-state index in [2.05, 4.69) is 29.4 Å². The summed E-state index contributed by atoms with van der Waals surface area (Å²) in [4.78, 5) is 43.9. The molecule has 9 heteroatoms. The molecule has 2 amide bonds. The van der Waals surface area contributed by atoms with Gasteiger partial charge in [-0.15, -0.1) is 6.58 Å². The molecule has 3 aliphatic rings. The molecule has 0 aromatic rings. The SMILES string of the molecule is C=CCN(CCCCC)C(=O)[C@@H]1N([C@@H](CC)CO)C(=O)[C@H]2[C@H](C(=O)OCC)[C@H]3O[C@@]12CC3Br. The van der Waals surface area contributed by atoms with Crippen LogP contribution >= 0.6 is 15.9 Å². The van der Waals surface area contributed by atoms with Crippen molar-refractivity contribution in [2.24, 2.45) is 11.8 Å². The van der Waals surface area contributed by atoms with E-state index in [0.29, 0.717) is 25.9 Å².